The van der Waals surface area contributed by atoms with Crippen molar-refractivity contribution in [2.75, 3.05) is 11.1 Å². The Morgan fingerprint density at radius 2 is 1.94 bits per heavy atom. The van der Waals surface area contributed by atoms with E-state index >= 15 is 0 Å². The molecule has 0 heterocycles. The highest BCUT2D eigenvalue weighted by Gasteiger charge is 2.01. The Morgan fingerprint density at radius 3 is 2.65 bits per heavy atom. The van der Waals surface area contributed by atoms with Crippen molar-refractivity contribution >= 4 is 27.3 Å². The molecule has 0 aliphatic heterocycles. The van der Waals surface area contributed by atoms with Gasteiger partial charge in [0.15, 0.2) is 0 Å². The topological polar surface area (TPSA) is 38.0 Å². The summed E-state index contributed by atoms with van der Waals surface area (Å²) < 4.78 is 1.11. The van der Waals surface area contributed by atoms with Crippen molar-refractivity contribution in [1.82, 2.24) is 0 Å². The first-order chi connectivity index (χ1) is 8.16. The van der Waals surface area contributed by atoms with E-state index in [1.165, 1.54) is 11.1 Å². The maximum absolute atomic E-state index is 5.95. The van der Waals surface area contributed by atoms with Crippen LogP contribution in [0.1, 0.15) is 11.1 Å². The zero-order valence-corrected chi connectivity index (χ0v) is 11.3. The Labute approximate surface area is 110 Å². The lowest BCUT2D eigenvalue weighted by molar-refractivity contribution is 1.14. The van der Waals surface area contributed by atoms with Crippen molar-refractivity contribution in [2.24, 2.45) is 0 Å². The molecule has 0 aliphatic carbocycles. The summed E-state index contributed by atoms with van der Waals surface area (Å²) >= 11 is 3.53. The molecule has 2 nitrogen and oxygen atoms in total. The smallest absolute Gasteiger partial charge is 0.0576 e. The molecule has 0 radical (unpaired) electrons. The summed E-state index contributed by atoms with van der Waals surface area (Å²) in [6.45, 7) is 2.79. The summed E-state index contributed by atoms with van der Waals surface area (Å²) in [5, 5.41) is 3.34. The Morgan fingerprint density at radius 1 is 1.18 bits per heavy atom. The number of aryl methyl sites for hydroxylation is 1. The molecule has 2 aromatic rings. The highest BCUT2D eigenvalue weighted by molar-refractivity contribution is 9.10. The van der Waals surface area contributed by atoms with Gasteiger partial charge in [0.1, 0.15) is 0 Å². The number of rotatable bonds is 3. The fraction of sp³-hybridized carbons (Fsp3) is 0.143. The molecular formula is C14H15BrN2. The van der Waals surface area contributed by atoms with Gasteiger partial charge in [0, 0.05) is 11.0 Å². The number of halogens is 1. The van der Waals surface area contributed by atoms with E-state index in [9.17, 15) is 0 Å². The van der Waals surface area contributed by atoms with Gasteiger partial charge in [-0.1, -0.05) is 40.2 Å². The van der Waals surface area contributed by atoms with Gasteiger partial charge >= 0.3 is 0 Å². The standard InChI is InChI=1S/C14H15BrN2/c1-10-6-7-14(13(16)8-10)17-9-11-4-2-3-5-12(11)15/h2-8,17H,9,16H2,1H3. The third-order valence-electron chi connectivity index (χ3n) is 2.63. The maximum atomic E-state index is 5.95. The van der Waals surface area contributed by atoms with Crippen LogP contribution in [0.3, 0.4) is 0 Å². The van der Waals surface area contributed by atoms with E-state index in [2.05, 4.69) is 33.4 Å². The second-order valence-electron chi connectivity index (χ2n) is 4.04. The van der Waals surface area contributed by atoms with E-state index in [4.69, 9.17) is 5.73 Å². The molecule has 0 spiro atoms. The van der Waals surface area contributed by atoms with E-state index in [-0.39, 0.29) is 0 Å². The van der Waals surface area contributed by atoms with Crippen LogP contribution in [0.5, 0.6) is 0 Å². The largest absolute Gasteiger partial charge is 0.397 e. The summed E-state index contributed by atoms with van der Waals surface area (Å²) in [6.07, 6.45) is 0. The predicted octanol–water partition coefficient (Wildman–Crippen LogP) is 3.95. The van der Waals surface area contributed by atoms with Gasteiger partial charge in [-0.2, -0.15) is 0 Å². The van der Waals surface area contributed by atoms with E-state index < -0.39 is 0 Å². The van der Waals surface area contributed by atoms with Gasteiger partial charge in [-0.15, -0.1) is 0 Å². The van der Waals surface area contributed by atoms with Gasteiger partial charge in [0.25, 0.3) is 0 Å². The van der Waals surface area contributed by atoms with Gasteiger partial charge in [0.05, 0.1) is 11.4 Å². The summed E-state index contributed by atoms with van der Waals surface area (Å²) in [6, 6.07) is 14.2. The van der Waals surface area contributed by atoms with Crippen LogP contribution in [-0.2, 0) is 6.54 Å². The molecule has 88 valence electrons. The number of nitrogen functional groups attached to an aromatic ring is 1. The number of nitrogens with two attached hydrogens (primary N) is 1. The molecule has 0 saturated carbocycles. The second kappa shape index (κ2) is 5.23. The van der Waals surface area contributed by atoms with Crippen molar-refractivity contribution in [3.05, 3.63) is 58.1 Å². The lowest BCUT2D eigenvalue weighted by atomic mass is 10.2. The first-order valence-electron chi connectivity index (χ1n) is 5.50. The highest BCUT2D eigenvalue weighted by Crippen LogP contribution is 2.22. The average Bonchev–Trinajstić information content (AvgIpc) is 2.30. The molecule has 0 fully saturated rings. The number of anilines is 2. The molecule has 3 heteroatoms. The first-order valence-corrected chi connectivity index (χ1v) is 6.29. The molecule has 0 aromatic heterocycles. The van der Waals surface area contributed by atoms with Crippen LogP contribution in [0, 0.1) is 6.92 Å². The average molecular weight is 291 g/mol. The minimum atomic E-state index is 0.759. The molecule has 2 rings (SSSR count). The monoisotopic (exact) mass is 290 g/mol. The lowest BCUT2D eigenvalue weighted by Gasteiger charge is -2.11. The van der Waals surface area contributed by atoms with Crippen LogP contribution in [-0.4, -0.2) is 0 Å². The maximum Gasteiger partial charge on any atom is 0.0576 e. The number of nitrogens with one attached hydrogen (secondary N) is 1. The fourth-order valence-electron chi connectivity index (χ4n) is 1.68. The zero-order valence-electron chi connectivity index (χ0n) is 9.70. The summed E-state index contributed by atoms with van der Waals surface area (Å²) in [5.74, 6) is 0. The van der Waals surface area contributed by atoms with Crippen LogP contribution in [0.4, 0.5) is 11.4 Å². The normalized spacial score (nSPS) is 10.2. The van der Waals surface area contributed by atoms with Crippen LogP contribution < -0.4 is 11.1 Å². The molecule has 0 aliphatic rings. The van der Waals surface area contributed by atoms with E-state index in [0.29, 0.717) is 0 Å². The van der Waals surface area contributed by atoms with Crippen LogP contribution in [0.25, 0.3) is 0 Å². The summed E-state index contributed by atoms with van der Waals surface area (Å²) in [4.78, 5) is 0. The second-order valence-corrected chi connectivity index (χ2v) is 4.89. The Balaban J connectivity index is 2.10. The number of hydrogen-bond donors (Lipinski definition) is 2. The van der Waals surface area contributed by atoms with Gasteiger partial charge in [-0.25, -0.2) is 0 Å². The van der Waals surface area contributed by atoms with Crippen molar-refractivity contribution in [3.63, 3.8) is 0 Å². The molecule has 0 bridgehead atoms. The molecule has 0 amide bonds. The third-order valence-corrected chi connectivity index (χ3v) is 3.41. The van der Waals surface area contributed by atoms with Crippen LogP contribution in [0.15, 0.2) is 46.9 Å². The van der Waals surface area contributed by atoms with E-state index in [1.807, 2.05) is 37.3 Å². The lowest BCUT2D eigenvalue weighted by Crippen LogP contribution is -2.03. The minimum absolute atomic E-state index is 0.759. The van der Waals surface area contributed by atoms with E-state index in [1.54, 1.807) is 0 Å². The third kappa shape index (κ3) is 3.01. The Hall–Kier alpha value is -1.48. The van der Waals surface area contributed by atoms with Crippen molar-refractivity contribution in [1.29, 1.82) is 0 Å². The van der Waals surface area contributed by atoms with Crippen LogP contribution >= 0.6 is 15.9 Å². The molecule has 17 heavy (non-hydrogen) atoms. The Kier molecular flexibility index (Phi) is 3.69. The predicted molar refractivity (Wildman–Crippen MR) is 77.1 cm³/mol. The minimum Gasteiger partial charge on any atom is -0.397 e. The molecule has 2 aromatic carbocycles. The molecular weight excluding hydrogens is 276 g/mol. The quantitative estimate of drug-likeness (QED) is 0.840. The number of benzene rings is 2. The van der Waals surface area contributed by atoms with Crippen molar-refractivity contribution in [2.45, 2.75) is 13.5 Å². The van der Waals surface area contributed by atoms with Crippen molar-refractivity contribution < 1.29 is 0 Å². The summed E-state index contributed by atoms with van der Waals surface area (Å²) in [5.41, 5.74) is 10.1. The van der Waals surface area contributed by atoms with Crippen molar-refractivity contribution in [3.8, 4) is 0 Å². The molecule has 0 unspecified atom stereocenters. The Bertz CT molecular complexity index is 523. The molecule has 0 saturated heterocycles. The highest BCUT2D eigenvalue weighted by atomic mass is 79.9. The van der Waals surface area contributed by atoms with Gasteiger partial charge < -0.3 is 11.1 Å². The zero-order chi connectivity index (χ0) is 12.3. The van der Waals surface area contributed by atoms with Crippen LogP contribution in [0.2, 0.25) is 0 Å². The number of hydrogen-bond acceptors (Lipinski definition) is 2. The van der Waals surface area contributed by atoms with E-state index in [0.717, 1.165) is 22.4 Å². The first kappa shape index (κ1) is 12.0. The molecule has 0 atom stereocenters. The molecule has 3 N–H and O–H groups in total. The van der Waals surface area contributed by atoms with Gasteiger partial charge in [-0.05, 0) is 36.2 Å². The summed E-state index contributed by atoms with van der Waals surface area (Å²) in [7, 11) is 0. The fourth-order valence-corrected chi connectivity index (χ4v) is 2.10. The SMILES string of the molecule is Cc1ccc(NCc2ccccc2Br)c(N)c1. The van der Waals surface area contributed by atoms with Gasteiger partial charge in [0.2, 0.25) is 0 Å². The van der Waals surface area contributed by atoms with Gasteiger partial charge in [-0.3, -0.25) is 0 Å².